The van der Waals surface area contributed by atoms with Gasteiger partial charge >= 0.3 is 6.09 Å². The van der Waals surface area contributed by atoms with Crippen LogP contribution in [0.2, 0.25) is 0 Å². The SMILES string of the molecule is CO[C@H]1C(C2(C)O[C@@H]2/C=C/C(C)C)[C@]2(CC[C@H]1OC(=O)N1CCCC1CO)CO2. The maximum Gasteiger partial charge on any atom is 0.410 e. The van der Waals surface area contributed by atoms with Crippen molar-refractivity contribution < 1.29 is 28.8 Å². The van der Waals surface area contributed by atoms with E-state index in [0.717, 1.165) is 19.3 Å². The molecule has 4 fully saturated rings. The highest BCUT2D eigenvalue weighted by atomic mass is 16.6. The third-order valence-corrected chi connectivity index (χ3v) is 7.15. The Hall–Kier alpha value is -1.15. The van der Waals surface area contributed by atoms with Crippen molar-refractivity contribution in [1.82, 2.24) is 4.90 Å². The van der Waals surface area contributed by atoms with E-state index < -0.39 is 0 Å². The lowest BCUT2D eigenvalue weighted by atomic mass is 9.68. The van der Waals surface area contributed by atoms with E-state index in [1.807, 2.05) is 0 Å². The van der Waals surface area contributed by atoms with Crippen LogP contribution in [0.1, 0.15) is 46.5 Å². The number of epoxide rings is 2. The minimum Gasteiger partial charge on any atom is -0.443 e. The van der Waals surface area contributed by atoms with Gasteiger partial charge in [-0.05, 0) is 38.5 Å². The normalized spacial score (nSPS) is 44.1. The van der Waals surface area contributed by atoms with Crippen molar-refractivity contribution in [3.63, 3.8) is 0 Å². The summed E-state index contributed by atoms with van der Waals surface area (Å²) in [7, 11) is 1.68. The second-order valence-corrected chi connectivity index (χ2v) is 9.52. The molecular weight excluding hydrogens is 374 g/mol. The highest BCUT2D eigenvalue weighted by molar-refractivity contribution is 5.68. The Morgan fingerprint density at radius 3 is 2.76 bits per heavy atom. The van der Waals surface area contributed by atoms with Crippen LogP contribution < -0.4 is 0 Å². The van der Waals surface area contributed by atoms with Crippen molar-refractivity contribution in [3.8, 4) is 0 Å². The summed E-state index contributed by atoms with van der Waals surface area (Å²) in [5, 5.41) is 9.53. The third-order valence-electron chi connectivity index (χ3n) is 7.15. The molecule has 7 atom stereocenters. The van der Waals surface area contributed by atoms with Gasteiger partial charge in [-0.2, -0.15) is 0 Å². The number of methoxy groups -OCH3 is 1. The maximum absolute atomic E-state index is 12.8. The summed E-state index contributed by atoms with van der Waals surface area (Å²) in [6.07, 6.45) is 6.61. The predicted molar refractivity (Wildman–Crippen MR) is 107 cm³/mol. The van der Waals surface area contributed by atoms with Crippen LogP contribution in [0.15, 0.2) is 12.2 Å². The smallest absolute Gasteiger partial charge is 0.410 e. The summed E-state index contributed by atoms with van der Waals surface area (Å²) in [6.45, 7) is 7.73. The van der Waals surface area contributed by atoms with Gasteiger partial charge in [-0.1, -0.05) is 26.0 Å². The van der Waals surface area contributed by atoms with Gasteiger partial charge in [0.15, 0.2) is 0 Å². The standard InChI is InChI=1S/C22H35NO6/c1-14(2)7-8-17-21(3,29-17)19-18(26-4)16(9-10-22(19)13-27-22)28-20(25)23-11-5-6-15(23)12-24/h7-8,14-19,24H,5-6,9-13H2,1-4H3/b8-7+/t15?,16-,17-,18-,19?,21?,22+/m1/s1. The number of ether oxygens (including phenoxy) is 4. The van der Waals surface area contributed by atoms with Gasteiger partial charge in [0.05, 0.1) is 25.2 Å². The Kier molecular flexibility index (Phi) is 5.70. The van der Waals surface area contributed by atoms with E-state index in [1.165, 1.54) is 0 Å². The maximum atomic E-state index is 12.8. The Balaban J connectivity index is 1.49. The Bertz CT molecular complexity index is 647. The first-order chi connectivity index (χ1) is 13.8. The second-order valence-electron chi connectivity index (χ2n) is 9.52. The lowest BCUT2D eigenvalue weighted by Gasteiger charge is -2.43. The molecule has 0 bridgehead atoms. The average molecular weight is 410 g/mol. The monoisotopic (exact) mass is 409 g/mol. The van der Waals surface area contributed by atoms with Crippen molar-refractivity contribution >= 4 is 6.09 Å². The largest absolute Gasteiger partial charge is 0.443 e. The van der Waals surface area contributed by atoms with Crippen molar-refractivity contribution in [2.45, 2.75) is 82.0 Å². The molecule has 29 heavy (non-hydrogen) atoms. The number of hydrogen-bond acceptors (Lipinski definition) is 6. The van der Waals surface area contributed by atoms with Crippen molar-refractivity contribution in [1.29, 1.82) is 0 Å². The van der Waals surface area contributed by atoms with Crippen LogP contribution in [0.25, 0.3) is 0 Å². The molecule has 0 aromatic carbocycles. The Morgan fingerprint density at radius 1 is 1.38 bits per heavy atom. The van der Waals surface area contributed by atoms with Crippen LogP contribution in [0.5, 0.6) is 0 Å². The van der Waals surface area contributed by atoms with E-state index in [2.05, 4.69) is 32.9 Å². The molecule has 1 spiro atoms. The summed E-state index contributed by atoms with van der Waals surface area (Å²) in [5.41, 5.74) is -0.616. The zero-order valence-electron chi connectivity index (χ0n) is 18.0. The van der Waals surface area contributed by atoms with Gasteiger partial charge in [0, 0.05) is 13.7 Å². The van der Waals surface area contributed by atoms with E-state index in [4.69, 9.17) is 18.9 Å². The molecule has 4 aliphatic rings. The summed E-state index contributed by atoms with van der Waals surface area (Å²) >= 11 is 0. The Labute approximate surface area is 173 Å². The summed E-state index contributed by atoms with van der Waals surface area (Å²) < 4.78 is 24.0. The number of likely N-dealkylation sites (tertiary alicyclic amines) is 1. The molecular formula is C22H35NO6. The number of aliphatic hydroxyl groups is 1. The zero-order chi connectivity index (χ0) is 20.8. The highest BCUT2D eigenvalue weighted by Gasteiger charge is 2.72. The molecule has 3 heterocycles. The fraction of sp³-hybridized carbons (Fsp3) is 0.864. The van der Waals surface area contributed by atoms with Gasteiger partial charge in [-0.25, -0.2) is 4.79 Å². The van der Waals surface area contributed by atoms with Gasteiger partial charge < -0.3 is 29.0 Å². The van der Waals surface area contributed by atoms with E-state index in [0.29, 0.717) is 25.5 Å². The lowest BCUT2D eigenvalue weighted by Crippen LogP contribution is -2.56. The molecule has 0 aromatic heterocycles. The molecule has 1 amide bonds. The van der Waals surface area contributed by atoms with Crippen LogP contribution >= 0.6 is 0 Å². The fourth-order valence-electron chi connectivity index (χ4n) is 5.41. The van der Waals surface area contributed by atoms with E-state index in [-0.39, 0.29) is 54.2 Å². The molecule has 3 unspecified atom stereocenters. The fourth-order valence-corrected chi connectivity index (χ4v) is 5.41. The number of carbonyl (C=O) groups excluding carboxylic acids is 1. The topological polar surface area (TPSA) is 84.1 Å². The predicted octanol–water partition coefficient (Wildman–Crippen LogP) is 2.51. The number of carbonyl (C=O) groups is 1. The zero-order valence-corrected chi connectivity index (χ0v) is 18.0. The number of allylic oxidation sites excluding steroid dienone is 1. The molecule has 3 aliphatic heterocycles. The first kappa shape index (κ1) is 21.1. The first-order valence-electron chi connectivity index (χ1n) is 11.0. The molecule has 1 N–H and O–H groups in total. The van der Waals surface area contributed by atoms with Gasteiger partial charge in [-0.3, -0.25) is 0 Å². The van der Waals surface area contributed by atoms with Crippen LogP contribution in [0.3, 0.4) is 0 Å². The van der Waals surface area contributed by atoms with Gasteiger partial charge in [0.2, 0.25) is 0 Å². The number of aliphatic hydroxyl groups excluding tert-OH is 1. The number of nitrogens with zero attached hydrogens (tertiary/aromatic N) is 1. The average Bonchev–Trinajstić information content (AvgIpc) is 3.54. The number of amides is 1. The quantitative estimate of drug-likeness (QED) is 0.536. The lowest BCUT2D eigenvalue weighted by molar-refractivity contribution is -0.122. The highest BCUT2D eigenvalue weighted by Crippen LogP contribution is 2.59. The van der Waals surface area contributed by atoms with E-state index in [9.17, 15) is 9.90 Å². The molecule has 4 rings (SSSR count). The van der Waals surface area contributed by atoms with Crippen LogP contribution in [0, 0.1) is 11.8 Å². The van der Waals surface area contributed by atoms with Crippen molar-refractivity contribution in [2.24, 2.45) is 11.8 Å². The molecule has 3 saturated heterocycles. The Morgan fingerprint density at radius 2 is 2.14 bits per heavy atom. The van der Waals surface area contributed by atoms with Gasteiger partial charge in [-0.15, -0.1) is 0 Å². The first-order valence-corrected chi connectivity index (χ1v) is 11.0. The van der Waals surface area contributed by atoms with Crippen LogP contribution in [-0.2, 0) is 18.9 Å². The molecule has 0 radical (unpaired) electrons. The van der Waals surface area contributed by atoms with Gasteiger partial charge in [0.25, 0.3) is 0 Å². The van der Waals surface area contributed by atoms with Crippen LogP contribution in [0.4, 0.5) is 4.79 Å². The summed E-state index contributed by atoms with van der Waals surface area (Å²) in [5.74, 6) is 0.466. The third kappa shape index (κ3) is 3.82. The van der Waals surface area contributed by atoms with Crippen molar-refractivity contribution in [2.75, 3.05) is 26.9 Å². The molecule has 164 valence electrons. The van der Waals surface area contributed by atoms with Crippen molar-refractivity contribution in [3.05, 3.63) is 12.2 Å². The molecule has 1 aliphatic carbocycles. The molecule has 7 nitrogen and oxygen atoms in total. The molecule has 1 saturated carbocycles. The number of rotatable bonds is 6. The number of hydrogen-bond donors (Lipinski definition) is 1. The molecule has 7 heteroatoms. The van der Waals surface area contributed by atoms with E-state index >= 15 is 0 Å². The minimum absolute atomic E-state index is 0.000536. The van der Waals surface area contributed by atoms with Gasteiger partial charge in [0.1, 0.15) is 29.5 Å². The minimum atomic E-state index is -0.380. The molecule has 0 aromatic rings. The van der Waals surface area contributed by atoms with Crippen LogP contribution in [-0.4, -0.2) is 78.5 Å². The summed E-state index contributed by atoms with van der Waals surface area (Å²) in [4.78, 5) is 14.5. The van der Waals surface area contributed by atoms with E-state index in [1.54, 1.807) is 12.0 Å². The summed E-state index contributed by atoms with van der Waals surface area (Å²) in [6, 6.07) is -0.143. The second kappa shape index (κ2) is 7.84.